The Kier molecular flexibility index (Phi) is 5.86. The number of nitrogens with zero attached hydrogens (tertiary/aromatic N) is 2. The van der Waals surface area contributed by atoms with E-state index >= 15 is 0 Å². The molecule has 0 unspecified atom stereocenters. The van der Waals surface area contributed by atoms with E-state index < -0.39 is 0 Å². The molecule has 1 N–H and O–H groups in total. The molecule has 1 aromatic heterocycles. The highest BCUT2D eigenvalue weighted by atomic mass is 127. The minimum absolute atomic E-state index is 0.238. The number of hydrogen-bond donors (Lipinski definition) is 1. The summed E-state index contributed by atoms with van der Waals surface area (Å²) in [4.78, 5) is 8.98. The summed E-state index contributed by atoms with van der Waals surface area (Å²) in [5, 5.41) is 3.21. The SMILES string of the molecule is CCNc1nc(Cc2ccccc2F)nc(COC)c1I. The van der Waals surface area contributed by atoms with E-state index in [1.165, 1.54) is 6.07 Å². The molecule has 21 heavy (non-hydrogen) atoms. The minimum atomic E-state index is -0.238. The van der Waals surface area contributed by atoms with E-state index in [0.717, 1.165) is 21.6 Å². The Hall–Kier alpha value is -1.28. The molecule has 0 amide bonds. The highest BCUT2D eigenvalue weighted by Crippen LogP contribution is 2.21. The second-order valence-corrected chi connectivity index (χ2v) is 5.56. The van der Waals surface area contributed by atoms with Crippen molar-refractivity contribution in [2.45, 2.75) is 20.0 Å². The Balaban J connectivity index is 2.36. The van der Waals surface area contributed by atoms with Gasteiger partial charge in [0.25, 0.3) is 0 Å². The lowest BCUT2D eigenvalue weighted by atomic mass is 10.1. The smallest absolute Gasteiger partial charge is 0.143 e. The summed E-state index contributed by atoms with van der Waals surface area (Å²) in [5.74, 6) is 1.12. The maximum absolute atomic E-state index is 13.8. The second-order valence-electron chi connectivity index (χ2n) is 4.48. The molecular formula is C15H17FIN3O. The van der Waals surface area contributed by atoms with Crippen molar-refractivity contribution in [3.63, 3.8) is 0 Å². The van der Waals surface area contributed by atoms with Gasteiger partial charge in [0.15, 0.2) is 0 Å². The highest BCUT2D eigenvalue weighted by Gasteiger charge is 2.13. The molecule has 0 fully saturated rings. The van der Waals surface area contributed by atoms with Crippen LogP contribution in [-0.2, 0) is 17.8 Å². The van der Waals surface area contributed by atoms with Gasteiger partial charge in [-0.1, -0.05) is 18.2 Å². The van der Waals surface area contributed by atoms with Crippen molar-refractivity contribution in [3.05, 3.63) is 50.7 Å². The summed E-state index contributed by atoms with van der Waals surface area (Å²) >= 11 is 2.20. The maximum Gasteiger partial charge on any atom is 0.143 e. The average molecular weight is 401 g/mol. The van der Waals surface area contributed by atoms with Crippen LogP contribution in [0.2, 0.25) is 0 Å². The lowest BCUT2D eigenvalue weighted by Crippen LogP contribution is -2.11. The van der Waals surface area contributed by atoms with E-state index in [1.807, 2.05) is 13.0 Å². The first-order valence-corrected chi connectivity index (χ1v) is 7.75. The van der Waals surface area contributed by atoms with Crippen molar-refractivity contribution in [2.24, 2.45) is 0 Å². The van der Waals surface area contributed by atoms with E-state index in [0.29, 0.717) is 24.4 Å². The Labute approximate surface area is 137 Å². The number of benzene rings is 1. The number of ether oxygens (including phenoxy) is 1. The molecule has 4 nitrogen and oxygen atoms in total. The van der Waals surface area contributed by atoms with Crippen LogP contribution >= 0.6 is 22.6 Å². The van der Waals surface area contributed by atoms with Crippen LogP contribution in [-0.4, -0.2) is 23.6 Å². The van der Waals surface area contributed by atoms with Gasteiger partial charge < -0.3 is 10.1 Å². The first-order valence-electron chi connectivity index (χ1n) is 6.67. The molecule has 0 aliphatic carbocycles. The lowest BCUT2D eigenvalue weighted by molar-refractivity contribution is 0.180. The quantitative estimate of drug-likeness (QED) is 0.754. The molecule has 1 aromatic carbocycles. The largest absolute Gasteiger partial charge is 0.378 e. The van der Waals surface area contributed by atoms with Crippen molar-refractivity contribution < 1.29 is 9.13 Å². The molecule has 0 aliphatic rings. The zero-order chi connectivity index (χ0) is 15.2. The average Bonchev–Trinajstić information content (AvgIpc) is 2.47. The van der Waals surface area contributed by atoms with Crippen molar-refractivity contribution in [3.8, 4) is 0 Å². The molecule has 112 valence electrons. The first-order chi connectivity index (χ1) is 10.2. The molecule has 0 bridgehead atoms. The molecule has 0 saturated carbocycles. The number of methoxy groups -OCH3 is 1. The van der Waals surface area contributed by atoms with Gasteiger partial charge in [-0.15, -0.1) is 0 Å². The molecule has 0 aliphatic heterocycles. The molecular weight excluding hydrogens is 384 g/mol. The van der Waals surface area contributed by atoms with Gasteiger partial charge in [0, 0.05) is 20.1 Å². The summed E-state index contributed by atoms with van der Waals surface area (Å²) in [6.07, 6.45) is 0.360. The standard InChI is InChI=1S/C15H17FIN3O/c1-3-18-15-14(17)12(9-21-2)19-13(20-15)8-10-6-4-5-7-11(10)16/h4-7H,3,8-9H2,1-2H3,(H,18,19,20). The zero-order valence-corrected chi connectivity index (χ0v) is 14.1. The molecule has 0 spiro atoms. The normalized spacial score (nSPS) is 10.7. The van der Waals surface area contributed by atoms with Crippen molar-refractivity contribution in [2.75, 3.05) is 19.0 Å². The van der Waals surface area contributed by atoms with Gasteiger partial charge >= 0.3 is 0 Å². The van der Waals surface area contributed by atoms with Crippen molar-refractivity contribution in [1.82, 2.24) is 9.97 Å². The summed E-state index contributed by atoms with van der Waals surface area (Å²) in [5.41, 5.74) is 1.40. The Morgan fingerprint density at radius 1 is 1.29 bits per heavy atom. The maximum atomic E-state index is 13.8. The van der Waals surface area contributed by atoms with Crippen LogP contribution in [0.1, 0.15) is 24.0 Å². The predicted molar refractivity (Wildman–Crippen MR) is 88.8 cm³/mol. The fourth-order valence-corrected chi connectivity index (χ4v) is 2.54. The number of halogens is 2. The van der Waals surface area contributed by atoms with Gasteiger partial charge in [0.1, 0.15) is 17.5 Å². The van der Waals surface area contributed by atoms with Crippen LogP contribution in [0, 0.1) is 9.39 Å². The third kappa shape index (κ3) is 4.10. The second kappa shape index (κ2) is 7.65. The summed E-state index contributed by atoms with van der Waals surface area (Å²) < 4.78 is 19.9. The fourth-order valence-electron chi connectivity index (χ4n) is 1.95. The summed E-state index contributed by atoms with van der Waals surface area (Å²) in [6.45, 7) is 3.17. The molecule has 1 heterocycles. The van der Waals surface area contributed by atoms with Crippen LogP contribution in [0.4, 0.5) is 10.2 Å². The summed E-state index contributed by atoms with van der Waals surface area (Å²) in [6, 6.07) is 6.68. The monoisotopic (exact) mass is 401 g/mol. The van der Waals surface area contributed by atoms with Crippen LogP contribution < -0.4 is 5.32 Å². The third-order valence-corrected chi connectivity index (χ3v) is 4.03. The highest BCUT2D eigenvalue weighted by molar-refractivity contribution is 14.1. The predicted octanol–water partition coefficient (Wildman–Crippen LogP) is 3.39. The lowest BCUT2D eigenvalue weighted by Gasteiger charge is -2.12. The van der Waals surface area contributed by atoms with E-state index in [1.54, 1.807) is 19.2 Å². The first kappa shape index (κ1) is 16.1. The Morgan fingerprint density at radius 2 is 2.05 bits per heavy atom. The Bertz CT molecular complexity index is 595. The molecule has 0 saturated heterocycles. The van der Waals surface area contributed by atoms with E-state index in [-0.39, 0.29) is 5.82 Å². The molecule has 2 aromatic rings. The summed E-state index contributed by atoms with van der Waals surface area (Å²) in [7, 11) is 1.63. The Morgan fingerprint density at radius 3 is 2.71 bits per heavy atom. The molecule has 0 radical (unpaired) electrons. The van der Waals surface area contributed by atoms with E-state index in [9.17, 15) is 4.39 Å². The third-order valence-electron chi connectivity index (χ3n) is 2.90. The molecule has 0 atom stereocenters. The van der Waals surface area contributed by atoms with Crippen LogP contribution in [0.5, 0.6) is 0 Å². The van der Waals surface area contributed by atoms with Gasteiger partial charge in [0.2, 0.25) is 0 Å². The van der Waals surface area contributed by atoms with Crippen LogP contribution in [0.25, 0.3) is 0 Å². The van der Waals surface area contributed by atoms with Crippen LogP contribution in [0.3, 0.4) is 0 Å². The van der Waals surface area contributed by atoms with Gasteiger partial charge in [-0.3, -0.25) is 0 Å². The number of hydrogen-bond acceptors (Lipinski definition) is 4. The number of nitrogens with one attached hydrogen (secondary N) is 1. The van der Waals surface area contributed by atoms with Gasteiger partial charge in [0.05, 0.1) is 15.9 Å². The van der Waals surface area contributed by atoms with Gasteiger partial charge in [-0.2, -0.15) is 0 Å². The fraction of sp³-hybridized carbons (Fsp3) is 0.333. The number of aromatic nitrogens is 2. The number of anilines is 1. The molecule has 2 rings (SSSR count). The van der Waals surface area contributed by atoms with Crippen molar-refractivity contribution >= 4 is 28.4 Å². The number of rotatable bonds is 6. The van der Waals surface area contributed by atoms with E-state index in [2.05, 4.69) is 37.9 Å². The van der Waals surface area contributed by atoms with Crippen LogP contribution in [0.15, 0.2) is 24.3 Å². The van der Waals surface area contributed by atoms with Gasteiger partial charge in [-0.05, 0) is 41.1 Å². The topological polar surface area (TPSA) is 47.0 Å². The van der Waals surface area contributed by atoms with Crippen molar-refractivity contribution in [1.29, 1.82) is 0 Å². The minimum Gasteiger partial charge on any atom is -0.378 e. The van der Waals surface area contributed by atoms with E-state index in [4.69, 9.17) is 4.74 Å². The molecule has 6 heteroatoms. The van der Waals surface area contributed by atoms with Gasteiger partial charge in [-0.25, -0.2) is 14.4 Å². The zero-order valence-electron chi connectivity index (χ0n) is 12.0.